The lowest BCUT2D eigenvalue weighted by Crippen LogP contribution is -2.29. The first-order valence-corrected chi connectivity index (χ1v) is 7.80. The molecule has 0 saturated heterocycles. The number of nitrogens with zero attached hydrogens (tertiary/aromatic N) is 1. The third kappa shape index (κ3) is 5.30. The molecule has 0 fully saturated rings. The third-order valence-corrected chi connectivity index (χ3v) is 3.83. The molecular weight excluding hydrogens is 330 g/mol. The minimum absolute atomic E-state index is 0.696. The van der Waals surface area contributed by atoms with E-state index in [1.165, 1.54) is 0 Å². The number of halogens is 2. The van der Waals surface area contributed by atoms with Crippen molar-refractivity contribution in [3.63, 3.8) is 0 Å². The van der Waals surface area contributed by atoms with Crippen LogP contribution in [0.3, 0.4) is 0 Å². The predicted octanol–water partition coefficient (Wildman–Crippen LogP) is 3.72. The Hall–Kier alpha value is -0.290. The first-order chi connectivity index (χ1) is 9.24. The topological polar surface area (TPSA) is 21.7 Å². The van der Waals surface area contributed by atoms with Gasteiger partial charge < -0.3 is 14.4 Å². The molecule has 5 heteroatoms. The summed E-state index contributed by atoms with van der Waals surface area (Å²) in [6.07, 6.45) is 0.981. The molecule has 0 heterocycles. The van der Waals surface area contributed by atoms with Crippen LogP contribution in [0.5, 0.6) is 0 Å². The monoisotopic (exact) mass is 349 g/mol. The van der Waals surface area contributed by atoms with E-state index in [1.54, 1.807) is 14.2 Å². The number of hydrogen-bond acceptors (Lipinski definition) is 3. The van der Waals surface area contributed by atoms with E-state index in [0.29, 0.717) is 6.61 Å². The summed E-state index contributed by atoms with van der Waals surface area (Å²) in [5, 5.41) is 1.54. The summed E-state index contributed by atoms with van der Waals surface area (Å²) >= 11 is 9.77. The van der Waals surface area contributed by atoms with Crippen molar-refractivity contribution in [3.8, 4) is 0 Å². The van der Waals surface area contributed by atoms with Gasteiger partial charge in [0.15, 0.2) is 0 Å². The number of methoxy groups -OCH3 is 2. The molecule has 1 aromatic carbocycles. The van der Waals surface area contributed by atoms with E-state index in [-0.39, 0.29) is 0 Å². The summed E-state index contributed by atoms with van der Waals surface area (Å²) in [7, 11) is 3.44. The van der Waals surface area contributed by atoms with Crippen LogP contribution in [0.2, 0.25) is 5.02 Å². The highest BCUT2D eigenvalue weighted by molar-refractivity contribution is 9.08. The first kappa shape index (κ1) is 16.8. The molecular formula is C14H21BrClNO2. The van der Waals surface area contributed by atoms with Crippen molar-refractivity contribution in [2.75, 3.05) is 45.4 Å². The molecule has 19 heavy (non-hydrogen) atoms. The average Bonchev–Trinajstić information content (AvgIpc) is 2.42. The van der Waals surface area contributed by atoms with Crippen LogP contribution < -0.4 is 4.90 Å². The lowest BCUT2D eigenvalue weighted by molar-refractivity contribution is 0.191. The zero-order chi connectivity index (χ0) is 14.1. The summed E-state index contributed by atoms with van der Waals surface area (Å²) in [5.74, 6) is 0. The van der Waals surface area contributed by atoms with Crippen molar-refractivity contribution >= 4 is 33.2 Å². The van der Waals surface area contributed by atoms with Gasteiger partial charge in [-0.2, -0.15) is 0 Å². The second-order valence-electron chi connectivity index (χ2n) is 4.20. The number of benzene rings is 1. The Morgan fingerprint density at radius 1 is 1.16 bits per heavy atom. The molecule has 0 bridgehead atoms. The van der Waals surface area contributed by atoms with Crippen LogP contribution in [0.4, 0.5) is 5.69 Å². The molecule has 0 atom stereocenters. The largest absolute Gasteiger partial charge is 0.385 e. The van der Waals surface area contributed by atoms with Crippen LogP contribution >= 0.6 is 27.5 Å². The smallest absolute Gasteiger partial charge is 0.0637 e. The average molecular weight is 351 g/mol. The van der Waals surface area contributed by atoms with Crippen LogP contribution in [0.15, 0.2) is 18.2 Å². The van der Waals surface area contributed by atoms with Crippen molar-refractivity contribution in [2.45, 2.75) is 11.8 Å². The second-order valence-corrected chi connectivity index (χ2v) is 5.17. The van der Waals surface area contributed by atoms with Gasteiger partial charge in [-0.05, 0) is 18.6 Å². The van der Waals surface area contributed by atoms with Gasteiger partial charge in [0.1, 0.15) is 0 Å². The minimum Gasteiger partial charge on any atom is -0.385 e. The lowest BCUT2D eigenvalue weighted by Gasteiger charge is -2.27. The molecule has 0 saturated carbocycles. The van der Waals surface area contributed by atoms with Crippen LogP contribution in [-0.4, -0.2) is 40.5 Å². The van der Waals surface area contributed by atoms with Gasteiger partial charge in [0, 0.05) is 55.5 Å². The van der Waals surface area contributed by atoms with Crippen molar-refractivity contribution in [1.82, 2.24) is 0 Å². The van der Waals surface area contributed by atoms with Gasteiger partial charge >= 0.3 is 0 Å². The Labute approximate surface area is 129 Å². The molecule has 1 rings (SSSR count). The van der Waals surface area contributed by atoms with E-state index in [1.807, 2.05) is 12.1 Å². The number of ether oxygens (including phenoxy) is 2. The Balaban J connectivity index is 2.85. The Morgan fingerprint density at radius 3 is 2.53 bits per heavy atom. The van der Waals surface area contributed by atoms with Gasteiger partial charge in [-0.15, -0.1) is 0 Å². The molecule has 0 N–H and O–H groups in total. The maximum absolute atomic E-state index is 6.26. The van der Waals surface area contributed by atoms with Crippen molar-refractivity contribution in [3.05, 3.63) is 28.8 Å². The van der Waals surface area contributed by atoms with Crippen molar-refractivity contribution in [2.24, 2.45) is 0 Å². The van der Waals surface area contributed by atoms with Crippen molar-refractivity contribution < 1.29 is 9.47 Å². The highest BCUT2D eigenvalue weighted by Crippen LogP contribution is 2.29. The maximum atomic E-state index is 6.26. The van der Waals surface area contributed by atoms with E-state index in [9.17, 15) is 0 Å². The SMILES string of the molecule is COCCCN(CCOC)c1cccc(Cl)c1CBr. The Morgan fingerprint density at radius 2 is 1.89 bits per heavy atom. The summed E-state index contributed by atoms with van der Waals surface area (Å²) in [6.45, 7) is 3.23. The molecule has 3 nitrogen and oxygen atoms in total. The zero-order valence-corrected chi connectivity index (χ0v) is 13.8. The van der Waals surface area contributed by atoms with E-state index < -0.39 is 0 Å². The van der Waals surface area contributed by atoms with Crippen LogP contribution in [0, 0.1) is 0 Å². The number of rotatable bonds is 9. The normalized spacial score (nSPS) is 10.7. The van der Waals surface area contributed by atoms with Gasteiger partial charge in [0.25, 0.3) is 0 Å². The molecule has 0 aliphatic carbocycles. The van der Waals surface area contributed by atoms with E-state index in [0.717, 1.165) is 47.7 Å². The quantitative estimate of drug-likeness (QED) is 0.500. The second kappa shape index (κ2) is 9.59. The molecule has 108 valence electrons. The molecule has 0 spiro atoms. The predicted molar refractivity (Wildman–Crippen MR) is 84.7 cm³/mol. The van der Waals surface area contributed by atoms with E-state index >= 15 is 0 Å². The van der Waals surface area contributed by atoms with Crippen LogP contribution in [0.1, 0.15) is 12.0 Å². The Bertz CT molecular complexity index is 376. The highest BCUT2D eigenvalue weighted by atomic mass is 79.9. The fourth-order valence-electron chi connectivity index (χ4n) is 1.93. The van der Waals surface area contributed by atoms with Crippen LogP contribution in [-0.2, 0) is 14.8 Å². The lowest BCUT2D eigenvalue weighted by atomic mass is 10.1. The minimum atomic E-state index is 0.696. The first-order valence-electron chi connectivity index (χ1n) is 6.30. The van der Waals surface area contributed by atoms with Gasteiger partial charge in [0.2, 0.25) is 0 Å². The summed E-state index contributed by atoms with van der Waals surface area (Å²) in [6, 6.07) is 6.01. The molecule has 0 aromatic heterocycles. The van der Waals surface area contributed by atoms with Gasteiger partial charge in [-0.1, -0.05) is 33.6 Å². The molecule has 0 radical (unpaired) electrons. The zero-order valence-electron chi connectivity index (χ0n) is 11.5. The summed E-state index contributed by atoms with van der Waals surface area (Å²) < 4.78 is 10.3. The van der Waals surface area contributed by atoms with Crippen LogP contribution in [0.25, 0.3) is 0 Å². The summed E-state index contributed by atoms with van der Waals surface area (Å²) in [5.41, 5.74) is 2.29. The number of hydrogen-bond donors (Lipinski definition) is 0. The molecule has 0 aliphatic heterocycles. The standard InChI is InChI=1S/C14H21BrClNO2/c1-18-9-4-7-17(8-10-19-2)14-6-3-5-13(16)12(14)11-15/h3,5-6H,4,7-11H2,1-2H3. The molecule has 1 aromatic rings. The van der Waals surface area contributed by atoms with E-state index in [2.05, 4.69) is 26.9 Å². The van der Waals surface area contributed by atoms with Gasteiger partial charge in [-0.25, -0.2) is 0 Å². The van der Waals surface area contributed by atoms with Gasteiger partial charge in [0.05, 0.1) is 6.61 Å². The number of anilines is 1. The highest BCUT2D eigenvalue weighted by Gasteiger charge is 2.12. The van der Waals surface area contributed by atoms with E-state index in [4.69, 9.17) is 21.1 Å². The molecule has 0 amide bonds. The fraction of sp³-hybridized carbons (Fsp3) is 0.571. The number of alkyl halides is 1. The fourth-order valence-corrected chi connectivity index (χ4v) is 2.92. The molecule has 0 aliphatic rings. The summed E-state index contributed by atoms with van der Waals surface area (Å²) in [4.78, 5) is 2.30. The third-order valence-electron chi connectivity index (χ3n) is 2.91. The molecule has 0 unspecified atom stereocenters. The van der Waals surface area contributed by atoms with Gasteiger partial charge in [-0.3, -0.25) is 0 Å². The van der Waals surface area contributed by atoms with Crippen molar-refractivity contribution in [1.29, 1.82) is 0 Å². The maximum Gasteiger partial charge on any atom is 0.0637 e. The Kier molecular flexibility index (Phi) is 8.46.